The minimum atomic E-state index is -0.867. The molecule has 0 radical (unpaired) electrons. The van der Waals surface area contributed by atoms with Gasteiger partial charge >= 0.3 is 0 Å². The number of oxime groups is 1. The van der Waals surface area contributed by atoms with E-state index in [0.717, 1.165) is 18.6 Å². The van der Waals surface area contributed by atoms with Gasteiger partial charge in [-0.05, 0) is 33.6 Å². The van der Waals surface area contributed by atoms with Crippen LogP contribution in [0, 0.1) is 5.92 Å². The third-order valence-corrected chi connectivity index (χ3v) is 4.41. The summed E-state index contributed by atoms with van der Waals surface area (Å²) in [6.07, 6.45) is 5.00. The predicted molar refractivity (Wildman–Crippen MR) is 76.4 cm³/mol. The first kappa shape index (κ1) is 14.6. The molecule has 19 heavy (non-hydrogen) atoms. The molecule has 0 spiro atoms. The fraction of sp³-hybridized carbons (Fsp3) is 0.857. The van der Waals surface area contributed by atoms with E-state index in [4.69, 9.17) is 16.4 Å². The van der Waals surface area contributed by atoms with Gasteiger partial charge < -0.3 is 10.2 Å². The Kier molecular flexibility index (Phi) is 4.39. The molecule has 1 fully saturated rings. The van der Waals surface area contributed by atoms with E-state index in [1.54, 1.807) is 6.92 Å². The van der Waals surface area contributed by atoms with E-state index in [-0.39, 0.29) is 23.2 Å². The third kappa shape index (κ3) is 3.22. The van der Waals surface area contributed by atoms with Crippen LogP contribution < -0.4 is 5.32 Å². The largest absolute Gasteiger partial charge is 0.379 e. The van der Waals surface area contributed by atoms with E-state index in [1.807, 2.05) is 13.8 Å². The van der Waals surface area contributed by atoms with Crippen molar-refractivity contribution < 1.29 is 9.63 Å². The highest BCUT2D eigenvalue weighted by Crippen LogP contribution is 2.35. The minimum absolute atomic E-state index is 0.0943. The lowest BCUT2D eigenvalue weighted by Gasteiger charge is -2.27. The first-order valence-corrected chi connectivity index (χ1v) is 7.56. The molecular formula is C14H23ClN2O2. The molecule has 1 N–H and O–H groups in total. The molecule has 1 amide bonds. The van der Waals surface area contributed by atoms with Gasteiger partial charge in [-0.2, -0.15) is 0 Å². The second kappa shape index (κ2) is 5.70. The Hall–Kier alpha value is -0.770. The van der Waals surface area contributed by atoms with Crippen LogP contribution in [0.5, 0.6) is 0 Å². The molecule has 0 aromatic heterocycles. The van der Waals surface area contributed by atoms with Crippen molar-refractivity contribution in [2.24, 2.45) is 11.1 Å². The Balaban J connectivity index is 1.99. The van der Waals surface area contributed by atoms with Crippen LogP contribution in [0.3, 0.4) is 0 Å². The lowest BCUT2D eigenvalue weighted by Crippen LogP contribution is -2.47. The molecule has 0 saturated heterocycles. The van der Waals surface area contributed by atoms with Crippen LogP contribution in [-0.4, -0.2) is 28.6 Å². The number of carbonyl (C=O) groups excluding carboxylic acids is 1. The van der Waals surface area contributed by atoms with Gasteiger partial charge in [0.2, 0.25) is 5.60 Å². The van der Waals surface area contributed by atoms with Crippen molar-refractivity contribution in [3.63, 3.8) is 0 Å². The first-order valence-electron chi connectivity index (χ1n) is 7.12. The number of alkyl halides is 1. The minimum Gasteiger partial charge on any atom is -0.379 e. The summed E-state index contributed by atoms with van der Waals surface area (Å²) >= 11 is 6.38. The highest BCUT2D eigenvalue weighted by atomic mass is 35.5. The highest BCUT2D eigenvalue weighted by molar-refractivity contribution is 6.22. The van der Waals surface area contributed by atoms with Gasteiger partial charge in [0.15, 0.2) is 0 Å². The normalized spacial score (nSPS) is 34.9. The summed E-state index contributed by atoms with van der Waals surface area (Å²) < 4.78 is 0. The molecule has 0 aromatic carbocycles. The molecule has 4 nitrogen and oxygen atoms in total. The maximum absolute atomic E-state index is 12.1. The van der Waals surface area contributed by atoms with Crippen molar-refractivity contribution in [2.75, 3.05) is 0 Å². The average molecular weight is 287 g/mol. The summed E-state index contributed by atoms with van der Waals surface area (Å²) in [5.41, 5.74) is 0.0920. The van der Waals surface area contributed by atoms with E-state index in [2.05, 4.69) is 10.5 Å². The van der Waals surface area contributed by atoms with Crippen molar-refractivity contribution >= 4 is 23.2 Å². The van der Waals surface area contributed by atoms with Gasteiger partial charge in [0.1, 0.15) is 0 Å². The molecule has 1 aliphatic carbocycles. The van der Waals surface area contributed by atoms with Crippen molar-refractivity contribution in [1.82, 2.24) is 5.32 Å². The maximum Gasteiger partial charge on any atom is 0.267 e. The van der Waals surface area contributed by atoms with E-state index in [1.165, 1.54) is 12.8 Å². The van der Waals surface area contributed by atoms with Gasteiger partial charge in [0.25, 0.3) is 5.91 Å². The van der Waals surface area contributed by atoms with Crippen LogP contribution >= 0.6 is 11.6 Å². The second-order valence-corrected chi connectivity index (χ2v) is 6.68. The predicted octanol–water partition coefficient (Wildman–Crippen LogP) is 2.84. The fourth-order valence-corrected chi connectivity index (χ4v) is 3.19. The quantitative estimate of drug-likeness (QED) is 0.811. The Morgan fingerprint density at radius 1 is 1.47 bits per heavy atom. The van der Waals surface area contributed by atoms with Crippen LogP contribution in [0.15, 0.2) is 5.16 Å². The van der Waals surface area contributed by atoms with Crippen molar-refractivity contribution in [1.29, 1.82) is 0 Å². The number of carbonyl (C=O) groups is 1. The highest BCUT2D eigenvalue weighted by Gasteiger charge is 2.45. The van der Waals surface area contributed by atoms with Crippen LogP contribution in [0.1, 0.15) is 52.9 Å². The van der Waals surface area contributed by atoms with E-state index < -0.39 is 5.60 Å². The van der Waals surface area contributed by atoms with Crippen molar-refractivity contribution in [3.8, 4) is 0 Å². The molecule has 2 unspecified atom stereocenters. The van der Waals surface area contributed by atoms with Crippen molar-refractivity contribution in [2.45, 2.75) is 69.9 Å². The Labute approximate surface area is 119 Å². The van der Waals surface area contributed by atoms with Crippen LogP contribution in [0.25, 0.3) is 0 Å². The Morgan fingerprint density at radius 2 is 2.16 bits per heavy atom. The lowest BCUT2D eigenvalue weighted by molar-refractivity contribution is -0.142. The number of halogens is 1. The van der Waals surface area contributed by atoms with Gasteiger partial charge in [-0.1, -0.05) is 18.0 Å². The first-order chi connectivity index (χ1) is 8.92. The molecule has 1 aliphatic heterocycles. The van der Waals surface area contributed by atoms with Crippen LogP contribution in [0.4, 0.5) is 0 Å². The number of rotatable bonds is 3. The van der Waals surface area contributed by atoms with Gasteiger partial charge in [0, 0.05) is 23.8 Å². The van der Waals surface area contributed by atoms with Crippen LogP contribution in [0.2, 0.25) is 0 Å². The Morgan fingerprint density at radius 3 is 2.79 bits per heavy atom. The van der Waals surface area contributed by atoms with Gasteiger partial charge in [-0.25, -0.2) is 0 Å². The monoisotopic (exact) mass is 286 g/mol. The fourth-order valence-electron chi connectivity index (χ4n) is 2.77. The van der Waals surface area contributed by atoms with Crippen LogP contribution in [-0.2, 0) is 9.63 Å². The summed E-state index contributed by atoms with van der Waals surface area (Å²) in [7, 11) is 0. The molecule has 0 aromatic rings. The molecule has 2 aliphatic rings. The van der Waals surface area contributed by atoms with E-state index >= 15 is 0 Å². The molecule has 0 bridgehead atoms. The molecule has 108 valence electrons. The lowest BCUT2D eigenvalue weighted by atomic mass is 9.81. The summed E-state index contributed by atoms with van der Waals surface area (Å²) in [5, 5.41) is 7.18. The molecule has 1 heterocycles. The zero-order chi connectivity index (χ0) is 14.0. The molecule has 1 saturated carbocycles. The second-order valence-electron chi connectivity index (χ2n) is 6.12. The van der Waals surface area contributed by atoms with E-state index in [9.17, 15) is 4.79 Å². The summed E-state index contributed by atoms with van der Waals surface area (Å²) in [4.78, 5) is 17.6. The number of amides is 1. The zero-order valence-corrected chi connectivity index (χ0v) is 12.7. The third-order valence-electron chi connectivity index (χ3n) is 3.89. The SMILES string of the molecule is CC(C)NC(=O)[C@]1(C)CC(C2CCCCC2Cl)=NO1. The topological polar surface area (TPSA) is 50.7 Å². The average Bonchev–Trinajstić information content (AvgIpc) is 2.73. The van der Waals surface area contributed by atoms with E-state index in [0.29, 0.717) is 6.42 Å². The summed E-state index contributed by atoms with van der Waals surface area (Å²) in [6, 6.07) is 0.104. The number of hydrogen-bond donors (Lipinski definition) is 1. The summed E-state index contributed by atoms with van der Waals surface area (Å²) in [6.45, 7) is 5.68. The van der Waals surface area contributed by atoms with Crippen molar-refractivity contribution in [3.05, 3.63) is 0 Å². The van der Waals surface area contributed by atoms with Gasteiger partial charge in [0.05, 0.1) is 5.71 Å². The standard InChI is InChI=1S/C14H23ClN2O2/c1-9(2)16-13(18)14(3)8-12(17-19-14)10-6-4-5-7-11(10)15/h9-11H,4-8H2,1-3H3,(H,16,18)/t10?,11?,14-/m0/s1. The smallest absolute Gasteiger partial charge is 0.267 e. The molecular weight excluding hydrogens is 264 g/mol. The Bertz CT molecular complexity index is 384. The molecule has 2 rings (SSSR count). The summed E-state index contributed by atoms with van der Waals surface area (Å²) in [5.74, 6) is 0.173. The number of hydrogen-bond acceptors (Lipinski definition) is 3. The number of nitrogens with one attached hydrogen (secondary N) is 1. The number of nitrogens with zero attached hydrogens (tertiary/aromatic N) is 1. The maximum atomic E-state index is 12.1. The van der Waals surface area contributed by atoms with Gasteiger partial charge in [-0.3, -0.25) is 4.79 Å². The zero-order valence-electron chi connectivity index (χ0n) is 11.9. The molecule has 3 atom stereocenters. The van der Waals surface area contributed by atoms with Gasteiger partial charge in [-0.15, -0.1) is 11.6 Å². The molecule has 5 heteroatoms.